The molecule has 0 spiro atoms. The number of Topliss-reactive ketones (excluding diaryl/α,β-unsaturated/α-hetero) is 1. The molecule has 24 heavy (non-hydrogen) atoms. The molecule has 0 fully saturated rings. The fraction of sp³-hybridized carbons (Fsp3) is 0.300. The Hall–Kier alpha value is -2.13. The number of nitrogens with one attached hydrogen (secondary N) is 2. The molecule has 1 aliphatic heterocycles. The SMILES string of the molecule is CC(CC=N)(Cc1ccccc1)C(=O)c1ccc2c(c1)CCN2.Cl. The van der Waals surface area contributed by atoms with E-state index in [2.05, 4.69) is 5.32 Å². The molecule has 0 aromatic heterocycles. The fourth-order valence-electron chi connectivity index (χ4n) is 3.31. The topological polar surface area (TPSA) is 53.0 Å². The third kappa shape index (κ3) is 3.68. The lowest BCUT2D eigenvalue weighted by Gasteiger charge is -2.27. The number of fused-ring (bicyclic) bond motifs is 1. The number of halogens is 1. The molecule has 2 aromatic carbocycles. The maximum atomic E-state index is 13.1. The maximum absolute atomic E-state index is 13.1. The van der Waals surface area contributed by atoms with E-state index in [9.17, 15) is 4.79 Å². The van der Waals surface area contributed by atoms with Crippen molar-refractivity contribution in [1.29, 1.82) is 5.41 Å². The van der Waals surface area contributed by atoms with Crippen LogP contribution in [0, 0.1) is 10.8 Å². The second-order valence-corrected chi connectivity index (χ2v) is 6.51. The van der Waals surface area contributed by atoms with Crippen LogP contribution in [0.2, 0.25) is 0 Å². The van der Waals surface area contributed by atoms with E-state index in [1.165, 1.54) is 11.8 Å². The zero-order valence-corrected chi connectivity index (χ0v) is 14.7. The van der Waals surface area contributed by atoms with Crippen molar-refractivity contribution in [3.05, 3.63) is 65.2 Å². The van der Waals surface area contributed by atoms with Crippen LogP contribution in [0.5, 0.6) is 0 Å². The lowest BCUT2D eigenvalue weighted by Crippen LogP contribution is -2.31. The van der Waals surface area contributed by atoms with Gasteiger partial charge in [-0.25, -0.2) is 0 Å². The molecule has 0 saturated heterocycles. The highest BCUT2D eigenvalue weighted by Gasteiger charge is 2.33. The molecule has 0 bridgehead atoms. The number of rotatable bonds is 6. The summed E-state index contributed by atoms with van der Waals surface area (Å²) in [4.78, 5) is 13.1. The maximum Gasteiger partial charge on any atom is 0.169 e. The Labute approximate surface area is 149 Å². The van der Waals surface area contributed by atoms with Crippen LogP contribution >= 0.6 is 12.4 Å². The van der Waals surface area contributed by atoms with Crippen LogP contribution in [0.1, 0.15) is 34.8 Å². The molecule has 2 N–H and O–H groups in total. The minimum absolute atomic E-state index is 0. The number of anilines is 1. The number of carbonyl (C=O) groups excluding carboxylic acids is 1. The summed E-state index contributed by atoms with van der Waals surface area (Å²) in [6.45, 7) is 2.91. The second-order valence-electron chi connectivity index (χ2n) is 6.51. The van der Waals surface area contributed by atoms with Crippen molar-refractivity contribution in [1.82, 2.24) is 0 Å². The van der Waals surface area contributed by atoms with Gasteiger partial charge in [-0.2, -0.15) is 0 Å². The van der Waals surface area contributed by atoms with Gasteiger partial charge in [0.2, 0.25) is 0 Å². The molecule has 1 unspecified atom stereocenters. The van der Waals surface area contributed by atoms with Crippen LogP contribution in [0.4, 0.5) is 5.69 Å². The van der Waals surface area contributed by atoms with E-state index in [0.717, 1.165) is 29.8 Å². The second kappa shape index (κ2) is 7.63. The molecule has 1 atom stereocenters. The van der Waals surface area contributed by atoms with E-state index < -0.39 is 5.41 Å². The van der Waals surface area contributed by atoms with Gasteiger partial charge in [-0.1, -0.05) is 37.3 Å². The predicted octanol–water partition coefficient (Wildman–Crippen LogP) is 4.55. The molecule has 3 rings (SSSR count). The molecule has 0 radical (unpaired) electrons. The Morgan fingerprint density at radius 1 is 1.25 bits per heavy atom. The quantitative estimate of drug-likeness (QED) is 0.597. The van der Waals surface area contributed by atoms with Crippen LogP contribution in [0.15, 0.2) is 48.5 Å². The highest BCUT2D eigenvalue weighted by atomic mass is 35.5. The monoisotopic (exact) mass is 342 g/mol. The van der Waals surface area contributed by atoms with Gasteiger partial charge < -0.3 is 10.7 Å². The van der Waals surface area contributed by atoms with E-state index >= 15 is 0 Å². The van der Waals surface area contributed by atoms with Crippen LogP contribution in [-0.2, 0) is 12.8 Å². The number of carbonyl (C=O) groups is 1. The average molecular weight is 343 g/mol. The third-order valence-electron chi connectivity index (χ3n) is 4.62. The molecule has 4 heteroatoms. The molecule has 0 amide bonds. The largest absolute Gasteiger partial charge is 0.384 e. The summed E-state index contributed by atoms with van der Waals surface area (Å²) >= 11 is 0. The number of ketones is 1. The number of hydrogen-bond acceptors (Lipinski definition) is 3. The van der Waals surface area contributed by atoms with Gasteiger partial charge in [-0.3, -0.25) is 4.79 Å². The van der Waals surface area contributed by atoms with Gasteiger partial charge in [-0.15, -0.1) is 12.4 Å². The van der Waals surface area contributed by atoms with Gasteiger partial charge in [0, 0.05) is 23.2 Å². The van der Waals surface area contributed by atoms with Gasteiger partial charge in [-0.05, 0) is 54.8 Å². The zero-order valence-electron chi connectivity index (χ0n) is 13.8. The number of hydrogen-bond donors (Lipinski definition) is 2. The molecule has 2 aromatic rings. The minimum atomic E-state index is -0.580. The van der Waals surface area contributed by atoms with E-state index in [4.69, 9.17) is 5.41 Å². The first-order valence-electron chi connectivity index (χ1n) is 8.07. The zero-order chi connectivity index (χ0) is 16.3. The van der Waals surface area contributed by atoms with Crippen LogP contribution in [0.3, 0.4) is 0 Å². The first-order valence-corrected chi connectivity index (χ1v) is 8.07. The van der Waals surface area contributed by atoms with Gasteiger partial charge in [0.25, 0.3) is 0 Å². The van der Waals surface area contributed by atoms with Crippen molar-refractivity contribution in [3.8, 4) is 0 Å². The summed E-state index contributed by atoms with van der Waals surface area (Å²) in [5.74, 6) is 0.125. The normalized spacial score (nSPS) is 14.7. The first-order chi connectivity index (χ1) is 11.1. The van der Waals surface area contributed by atoms with Gasteiger partial charge >= 0.3 is 0 Å². The Kier molecular flexibility index (Phi) is 5.79. The lowest BCUT2D eigenvalue weighted by atomic mass is 9.75. The van der Waals surface area contributed by atoms with Crippen molar-refractivity contribution >= 4 is 30.1 Å². The van der Waals surface area contributed by atoms with Crippen molar-refractivity contribution in [2.24, 2.45) is 5.41 Å². The Balaban J connectivity index is 0.00000208. The van der Waals surface area contributed by atoms with Crippen LogP contribution < -0.4 is 5.32 Å². The highest BCUT2D eigenvalue weighted by molar-refractivity contribution is 6.02. The first kappa shape index (κ1) is 18.2. The van der Waals surface area contributed by atoms with Crippen LogP contribution in [-0.4, -0.2) is 18.5 Å². The van der Waals surface area contributed by atoms with Gasteiger partial charge in [0.15, 0.2) is 5.78 Å². The summed E-state index contributed by atoms with van der Waals surface area (Å²) < 4.78 is 0. The van der Waals surface area contributed by atoms with E-state index in [1.54, 1.807) is 0 Å². The third-order valence-corrected chi connectivity index (χ3v) is 4.62. The van der Waals surface area contributed by atoms with E-state index in [1.807, 2.05) is 55.5 Å². The smallest absolute Gasteiger partial charge is 0.169 e. The predicted molar refractivity (Wildman–Crippen MR) is 102 cm³/mol. The van der Waals surface area contributed by atoms with E-state index in [0.29, 0.717) is 12.8 Å². The van der Waals surface area contributed by atoms with Crippen molar-refractivity contribution < 1.29 is 4.79 Å². The van der Waals surface area contributed by atoms with Gasteiger partial charge in [0.1, 0.15) is 0 Å². The Bertz CT molecular complexity index is 730. The summed E-state index contributed by atoms with van der Waals surface area (Å²) in [5.41, 5.74) is 3.66. The van der Waals surface area contributed by atoms with Crippen molar-refractivity contribution in [2.75, 3.05) is 11.9 Å². The van der Waals surface area contributed by atoms with E-state index in [-0.39, 0.29) is 18.2 Å². The molecule has 1 heterocycles. The van der Waals surface area contributed by atoms with Crippen LogP contribution in [0.25, 0.3) is 0 Å². The molecular formula is C20H23ClN2O. The minimum Gasteiger partial charge on any atom is -0.384 e. The standard InChI is InChI=1S/C20H22N2O.ClH/c1-20(10-11-21,14-15-5-3-2-4-6-15)19(23)17-7-8-18-16(13-17)9-12-22-18;/h2-8,11,13,21-22H,9-10,12,14H2,1H3;1H. The Morgan fingerprint density at radius 2 is 2.00 bits per heavy atom. The lowest BCUT2D eigenvalue weighted by molar-refractivity contribution is 0.0824. The fourth-order valence-corrected chi connectivity index (χ4v) is 3.31. The molecule has 0 saturated carbocycles. The van der Waals surface area contributed by atoms with Crippen molar-refractivity contribution in [2.45, 2.75) is 26.2 Å². The molecular weight excluding hydrogens is 320 g/mol. The van der Waals surface area contributed by atoms with Crippen molar-refractivity contribution in [3.63, 3.8) is 0 Å². The number of benzene rings is 2. The summed E-state index contributed by atoms with van der Waals surface area (Å²) in [5, 5.41) is 10.8. The van der Waals surface area contributed by atoms with Gasteiger partial charge in [0.05, 0.1) is 0 Å². The molecule has 126 valence electrons. The summed E-state index contributed by atoms with van der Waals surface area (Å²) in [6, 6.07) is 16.0. The molecule has 3 nitrogen and oxygen atoms in total. The summed E-state index contributed by atoms with van der Waals surface area (Å²) in [6.07, 6.45) is 3.43. The highest BCUT2D eigenvalue weighted by Crippen LogP contribution is 2.32. The molecule has 1 aliphatic rings. The average Bonchev–Trinajstić information content (AvgIpc) is 3.02. The Morgan fingerprint density at radius 3 is 2.71 bits per heavy atom. The molecule has 0 aliphatic carbocycles. The summed E-state index contributed by atoms with van der Waals surface area (Å²) in [7, 11) is 0.